The maximum absolute atomic E-state index is 12.9. The highest BCUT2D eigenvalue weighted by Gasteiger charge is 2.54. The van der Waals surface area contributed by atoms with E-state index in [4.69, 9.17) is 5.26 Å². The van der Waals surface area contributed by atoms with Gasteiger partial charge in [0.05, 0.1) is 18.2 Å². The Labute approximate surface area is 177 Å². The largest absolute Gasteiger partial charge is 0.354 e. The average Bonchev–Trinajstić information content (AvgIpc) is 2.71. The van der Waals surface area contributed by atoms with Crippen molar-refractivity contribution in [1.29, 1.82) is 5.26 Å². The lowest BCUT2D eigenvalue weighted by Crippen LogP contribution is -2.54. The van der Waals surface area contributed by atoms with Gasteiger partial charge in [0.15, 0.2) is 0 Å². The molecule has 0 heterocycles. The van der Waals surface area contributed by atoms with Crippen molar-refractivity contribution < 1.29 is 9.59 Å². The molecule has 0 saturated heterocycles. The van der Waals surface area contributed by atoms with Crippen LogP contribution in [0, 0.1) is 34.5 Å². The lowest BCUT2D eigenvalue weighted by atomic mass is 9.49. The smallest absolute Gasteiger partial charge is 0.239 e. The minimum absolute atomic E-state index is 0.0719. The summed E-state index contributed by atoms with van der Waals surface area (Å²) in [5, 5.41) is 14.9. The van der Waals surface area contributed by atoms with Crippen molar-refractivity contribution in [3.63, 3.8) is 0 Å². The molecular weight excluding hydrogens is 382 g/mol. The van der Waals surface area contributed by atoms with E-state index in [1.807, 2.05) is 24.3 Å². The molecule has 0 unspecified atom stereocenters. The zero-order valence-electron chi connectivity index (χ0n) is 16.8. The van der Waals surface area contributed by atoms with E-state index in [0.717, 1.165) is 54.1 Å². The molecular formula is C23H29N3O2S. The first kappa shape index (κ1) is 20.3. The van der Waals surface area contributed by atoms with Crippen molar-refractivity contribution in [2.24, 2.45) is 23.2 Å². The fraction of sp³-hybridized carbons (Fsp3) is 0.609. The standard InChI is InChI=1S/C23H29N3O2S/c24-13-19-3-1-2-4-20(19)15-29-6-5-25-21(27)14-26-22(28)23-10-16-7-17(11-23)9-18(8-16)12-23/h1-4,16-18H,5-12,14-15H2,(H,25,27)(H,26,28). The van der Waals surface area contributed by atoms with E-state index >= 15 is 0 Å². The van der Waals surface area contributed by atoms with Crippen LogP contribution in [0.5, 0.6) is 0 Å². The second-order valence-electron chi connectivity index (χ2n) is 9.05. The van der Waals surface area contributed by atoms with Crippen LogP contribution in [0.15, 0.2) is 24.3 Å². The highest BCUT2D eigenvalue weighted by atomic mass is 32.2. The molecule has 1 aromatic rings. The molecule has 29 heavy (non-hydrogen) atoms. The molecule has 5 nitrogen and oxygen atoms in total. The Bertz CT molecular complexity index is 781. The number of carbonyl (C=O) groups excluding carboxylic acids is 2. The van der Waals surface area contributed by atoms with E-state index in [0.29, 0.717) is 12.1 Å². The van der Waals surface area contributed by atoms with Crippen molar-refractivity contribution in [3.8, 4) is 6.07 Å². The number of carbonyl (C=O) groups is 2. The number of hydrogen-bond acceptors (Lipinski definition) is 4. The molecule has 4 fully saturated rings. The van der Waals surface area contributed by atoms with Gasteiger partial charge in [0.1, 0.15) is 0 Å². The molecule has 2 N–H and O–H groups in total. The van der Waals surface area contributed by atoms with Crippen molar-refractivity contribution in [1.82, 2.24) is 10.6 Å². The van der Waals surface area contributed by atoms with Crippen molar-refractivity contribution in [2.75, 3.05) is 18.8 Å². The van der Waals surface area contributed by atoms with E-state index in [-0.39, 0.29) is 23.8 Å². The fourth-order valence-electron chi connectivity index (χ4n) is 6.00. The lowest BCUT2D eigenvalue weighted by molar-refractivity contribution is -0.147. The SMILES string of the molecule is N#Cc1ccccc1CSCCNC(=O)CNC(=O)C12CC3CC(CC(C3)C1)C2. The predicted octanol–water partition coefficient (Wildman–Crippen LogP) is 3.24. The number of nitrogens with one attached hydrogen (secondary N) is 2. The third kappa shape index (κ3) is 4.61. The number of nitriles is 1. The summed E-state index contributed by atoms with van der Waals surface area (Å²) < 4.78 is 0. The summed E-state index contributed by atoms with van der Waals surface area (Å²) in [7, 11) is 0. The van der Waals surface area contributed by atoms with Gasteiger partial charge in [-0.1, -0.05) is 18.2 Å². The lowest BCUT2D eigenvalue weighted by Gasteiger charge is -2.55. The quantitative estimate of drug-likeness (QED) is 0.644. The van der Waals surface area contributed by atoms with Gasteiger partial charge in [-0.2, -0.15) is 17.0 Å². The first-order valence-corrected chi connectivity index (χ1v) is 11.8. The van der Waals surface area contributed by atoms with E-state index in [1.165, 1.54) is 19.3 Å². The first-order valence-electron chi connectivity index (χ1n) is 10.7. The second-order valence-corrected chi connectivity index (χ2v) is 10.2. The van der Waals surface area contributed by atoms with Crippen LogP contribution in [-0.4, -0.2) is 30.7 Å². The van der Waals surface area contributed by atoms with Gasteiger partial charge >= 0.3 is 0 Å². The van der Waals surface area contributed by atoms with Crippen molar-refractivity contribution in [3.05, 3.63) is 35.4 Å². The summed E-state index contributed by atoms with van der Waals surface area (Å²) in [6, 6.07) is 9.79. The summed E-state index contributed by atoms with van der Waals surface area (Å²) in [5.74, 6) is 3.68. The molecule has 1 aromatic carbocycles. The van der Waals surface area contributed by atoms with Gasteiger partial charge in [-0.3, -0.25) is 9.59 Å². The number of rotatable bonds is 8. The third-order valence-electron chi connectivity index (χ3n) is 6.89. The Morgan fingerprint density at radius 3 is 2.38 bits per heavy atom. The topological polar surface area (TPSA) is 82.0 Å². The molecule has 0 aliphatic heterocycles. The summed E-state index contributed by atoms with van der Waals surface area (Å²) in [5.41, 5.74) is 1.53. The molecule has 0 radical (unpaired) electrons. The molecule has 154 valence electrons. The van der Waals surface area contributed by atoms with Gasteiger partial charge in [-0.25, -0.2) is 0 Å². The second kappa shape index (κ2) is 8.79. The van der Waals surface area contributed by atoms with E-state index in [2.05, 4.69) is 16.7 Å². The highest BCUT2D eigenvalue weighted by Crippen LogP contribution is 2.60. The molecule has 0 aromatic heterocycles. The van der Waals surface area contributed by atoms with Crippen LogP contribution in [0.2, 0.25) is 0 Å². The Morgan fingerprint density at radius 1 is 1.07 bits per heavy atom. The van der Waals surface area contributed by atoms with Gasteiger partial charge in [-0.15, -0.1) is 0 Å². The number of benzene rings is 1. The van der Waals surface area contributed by atoms with Gasteiger partial charge in [0, 0.05) is 23.5 Å². The zero-order chi connectivity index (χ0) is 20.3. The Balaban J connectivity index is 1.15. The molecule has 0 spiro atoms. The Morgan fingerprint density at radius 2 is 1.72 bits per heavy atom. The first-order chi connectivity index (χ1) is 14.1. The predicted molar refractivity (Wildman–Crippen MR) is 114 cm³/mol. The van der Waals surface area contributed by atoms with Crippen molar-refractivity contribution in [2.45, 2.75) is 44.3 Å². The van der Waals surface area contributed by atoms with Crippen LogP contribution in [-0.2, 0) is 15.3 Å². The molecule has 4 bridgehead atoms. The number of thioether (sulfide) groups is 1. The van der Waals surface area contributed by atoms with Crippen LogP contribution < -0.4 is 10.6 Å². The molecule has 6 heteroatoms. The van der Waals surface area contributed by atoms with E-state index < -0.39 is 0 Å². The number of amides is 2. The van der Waals surface area contributed by atoms with Crippen LogP contribution in [0.25, 0.3) is 0 Å². The summed E-state index contributed by atoms with van der Waals surface area (Å²) in [4.78, 5) is 25.0. The van der Waals surface area contributed by atoms with Gasteiger partial charge in [0.25, 0.3) is 0 Å². The normalized spacial score (nSPS) is 29.3. The number of hydrogen-bond donors (Lipinski definition) is 2. The highest BCUT2D eigenvalue weighted by molar-refractivity contribution is 7.98. The minimum atomic E-state index is -0.195. The summed E-state index contributed by atoms with van der Waals surface area (Å²) in [6.07, 6.45) is 6.99. The zero-order valence-corrected chi connectivity index (χ0v) is 17.6. The van der Waals surface area contributed by atoms with Crippen LogP contribution in [0.3, 0.4) is 0 Å². The summed E-state index contributed by atoms with van der Waals surface area (Å²) in [6.45, 7) is 0.633. The molecule has 4 aliphatic rings. The van der Waals surface area contributed by atoms with Gasteiger partial charge < -0.3 is 10.6 Å². The van der Waals surface area contributed by atoms with Gasteiger partial charge in [0.2, 0.25) is 11.8 Å². The van der Waals surface area contributed by atoms with Gasteiger partial charge in [-0.05, 0) is 67.9 Å². The van der Waals surface area contributed by atoms with Crippen LogP contribution >= 0.6 is 11.8 Å². The van der Waals surface area contributed by atoms with Crippen LogP contribution in [0.4, 0.5) is 0 Å². The maximum Gasteiger partial charge on any atom is 0.239 e. The summed E-state index contributed by atoms with van der Waals surface area (Å²) >= 11 is 1.69. The molecule has 4 saturated carbocycles. The van der Waals surface area contributed by atoms with E-state index in [1.54, 1.807) is 11.8 Å². The Kier molecular flexibility index (Phi) is 6.15. The van der Waals surface area contributed by atoms with Crippen molar-refractivity contribution >= 4 is 23.6 Å². The Hall–Kier alpha value is -2.00. The molecule has 0 atom stereocenters. The number of nitrogens with zero attached hydrogens (tertiary/aromatic N) is 1. The molecule has 5 rings (SSSR count). The molecule has 2 amide bonds. The monoisotopic (exact) mass is 411 g/mol. The minimum Gasteiger partial charge on any atom is -0.354 e. The van der Waals surface area contributed by atoms with Crippen LogP contribution in [0.1, 0.15) is 49.7 Å². The average molecular weight is 412 g/mol. The third-order valence-corrected chi connectivity index (χ3v) is 7.90. The fourth-order valence-corrected chi connectivity index (χ4v) is 6.86. The molecule has 4 aliphatic carbocycles. The van der Waals surface area contributed by atoms with E-state index in [9.17, 15) is 9.59 Å². The maximum atomic E-state index is 12.9.